The molecule has 0 saturated carbocycles. The first kappa shape index (κ1) is 13.6. The van der Waals surface area contributed by atoms with Crippen LogP contribution >= 0.6 is 35.3 Å². The van der Waals surface area contributed by atoms with Gasteiger partial charge in [0.2, 0.25) is 0 Å². The smallest absolute Gasteiger partial charge is 0.264 e. The predicted molar refractivity (Wildman–Crippen MR) is 60.4 cm³/mol. The van der Waals surface area contributed by atoms with Crippen molar-refractivity contribution in [3.63, 3.8) is 0 Å². The number of amides is 1. The Balaban J connectivity index is 0.00000169. The van der Waals surface area contributed by atoms with Crippen LogP contribution in [0.5, 0.6) is 0 Å². The number of halogens is 2. The average molecular weight is 256 g/mol. The molecule has 0 unspecified atom stereocenters. The number of hydrogen-bond acceptors (Lipinski definition) is 4. The second kappa shape index (κ2) is 6.19. The van der Waals surface area contributed by atoms with Crippen molar-refractivity contribution in [1.82, 2.24) is 10.3 Å². The summed E-state index contributed by atoms with van der Waals surface area (Å²) in [7, 11) is 0. The van der Waals surface area contributed by atoms with E-state index in [1.807, 2.05) is 6.92 Å². The molecule has 1 aromatic rings. The third kappa shape index (κ3) is 3.42. The van der Waals surface area contributed by atoms with Gasteiger partial charge in [0, 0.05) is 12.6 Å². The fourth-order valence-corrected chi connectivity index (χ4v) is 1.63. The Labute approximate surface area is 97.3 Å². The lowest BCUT2D eigenvalue weighted by Crippen LogP contribution is -2.37. The van der Waals surface area contributed by atoms with Crippen molar-refractivity contribution in [2.45, 2.75) is 13.0 Å². The van der Waals surface area contributed by atoms with Gasteiger partial charge in [-0.1, -0.05) is 11.6 Å². The summed E-state index contributed by atoms with van der Waals surface area (Å²) in [4.78, 5) is 15.6. The van der Waals surface area contributed by atoms with Crippen molar-refractivity contribution >= 4 is 41.3 Å². The summed E-state index contributed by atoms with van der Waals surface area (Å²) < 4.78 is 0. The fraction of sp³-hybridized carbons (Fsp3) is 0.429. The highest BCUT2D eigenvalue weighted by Gasteiger charge is 2.14. The van der Waals surface area contributed by atoms with Gasteiger partial charge in [-0.25, -0.2) is 4.98 Å². The number of hydrogen-bond donors (Lipinski definition) is 2. The molecule has 1 amide bonds. The number of nitrogens with one attached hydrogen (secondary N) is 1. The molecule has 0 spiro atoms. The maximum atomic E-state index is 11.4. The second-order valence-electron chi connectivity index (χ2n) is 2.58. The Hall–Kier alpha value is -0.360. The van der Waals surface area contributed by atoms with E-state index in [-0.39, 0.29) is 29.5 Å². The molecule has 1 rings (SSSR count). The minimum absolute atomic E-state index is 0. The Morgan fingerprint density at radius 1 is 1.86 bits per heavy atom. The Bertz CT molecular complexity index is 305. The summed E-state index contributed by atoms with van der Waals surface area (Å²) in [6, 6.07) is -0.0503. The van der Waals surface area contributed by atoms with Crippen LogP contribution in [0, 0.1) is 0 Å². The van der Waals surface area contributed by atoms with E-state index < -0.39 is 0 Å². The molecule has 0 fully saturated rings. The van der Waals surface area contributed by atoms with E-state index in [9.17, 15) is 4.79 Å². The van der Waals surface area contributed by atoms with Gasteiger partial charge in [-0.15, -0.1) is 23.7 Å². The average Bonchev–Trinajstić information content (AvgIpc) is 2.51. The summed E-state index contributed by atoms with van der Waals surface area (Å²) in [5, 5.41) is 2.94. The fourth-order valence-electron chi connectivity index (χ4n) is 0.728. The van der Waals surface area contributed by atoms with E-state index in [2.05, 4.69) is 10.3 Å². The molecule has 0 aliphatic carbocycles. The second-order valence-corrected chi connectivity index (χ2v) is 3.80. The summed E-state index contributed by atoms with van der Waals surface area (Å²) in [6.07, 6.45) is 0. The predicted octanol–water partition coefficient (Wildman–Crippen LogP) is 1.30. The zero-order valence-corrected chi connectivity index (χ0v) is 9.88. The van der Waals surface area contributed by atoms with Gasteiger partial charge < -0.3 is 11.1 Å². The van der Waals surface area contributed by atoms with Crippen molar-refractivity contribution in [3.05, 3.63) is 15.5 Å². The first-order chi connectivity index (χ1) is 6.15. The third-order valence-corrected chi connectivity index (χ3v) is 2.69. The van der Waals surface area contributed by atoms with Gasteiger partial charge in [-0.2, -0.15) is 0 Å². The number of carbonyl (C=O) groups is 1. The van der Waals surface area contributed by atoms with Gasteiger partial charge >= 0.3 is 0 Å². The van der Waals surface area contributed by atoms with Crippen LogP contribution in [0.25, 0.3) is 0 Å². The van der Waals surface area contributed by atoms with E-state index >= 15 is 0 Å². The summed E-state index contributed by atoms with van der Waals surface area (Å²) >= 11 is 6.88. The highest BCUT2D eigenvalue weighted by Crippen LogP contribution is 2.17. The van der Waals surface area contributed by atoms with Crippen molar-refractivity contribution < 1.29 is 4.79 Å². The number of nitrogens with two attached hydrogens (primary N) is 1. The van der Waals surface area contributed by atoms with Crippen LogP contribution in [-0.2, 0) is 0 Å². The molecule has 14 heavy (non-hydrogen) atoms. The van der Waals surface area contributed by atoms with Gasteiger partial charge in [0.15, 0.2) is 5.15 Å². The number of nitrogens with zero attached hydrogens (tertiary/aromatic N) is 1. The molecule has 0 bridgehead atoms. The molecule has 0 aliphatic heterocycles. The minimum atomic E-state index is -0.217. The lowest BCUT2D eigenvalue weighted by Gasteiger charge is -2.09. The summed E-state index contributed by atoms with van der Waals surface area (Å²) in [5.41, 5.74) is 6.88. The largest absolute Gasteiger partial charge is 0.348 e. The molecule has 0 radical (unpaired) electrons. The normalized spacial score (nSPS) is 11.6. The van der Waals surface area contributed by atoms with E-state index in [1.54, 1.807) is 0 Å². The van der Waals surface area contributed by atoms with Gasteiger partial charge in [0.05, 0.1) is 5.51 Å². The maximum absolute atomic E-state index is 11.4. The van der Waals surface area contributed by atoms with Crippen LogP contribution in [0.1, 0.15) is 16.6 Å². The number of carbonyl (C=O) groups excluding carboxylic acids is 1. The molecule has 7 heteroatoms. The van der Waals surface area contributed by atoms with Crippen LogP contribution in [0.15, 0.2) is 5.51 Å². The molecule has 0 aliphatic rings. The topological polar surface area (TPSA) is 68.0 Å². The highest BCUT2D eigenvalue weighted by molar-refractivity contribution is 7.12. The molecule has 3 N–H and O–H groups in total. The summed E-state index contributed by atoms with van der Waals surface area (Å²) in [5.74, 6) is -0.217. The number of thiazole rings is 1. The quantitative estimate of drug-likeness (QED) is 0.856. The lowest BCUT2D eigenvalue weighted by molar-refractivity contribution is 0.0945. The van der Waals surface area contributed by atoms with Crippen LogP contribution < -0.4 is 11.1 Å². The number of rotatable bonds is 3. The molecule has 1 atom stereocenters. The minimum Gasteiger partial charge on any atom is -0.348 e. The standard InChI is InChI=1S/C7H10ClN3OS.ClH/c1-4(2-9)11-7(12)5-6(8)10-3-13-5;/h3-4H,2,9H2,1H3,(H,11,12);1H/t4-;/m0./s1. The first-order valence-corrected chi connectivity index (χ1v) is 5.00. The third-order valence-electron chi connectivity index (χ3n) is 1.46. The number of aromatic nitrogens is 1. The molecular weight excluding hydrogens is 245 g/mol. The Morgan fingerprint density at radius 2 is 2.50 bits per heavy atom. The monoisotopic (exact) mass is 255 g/mol. The molecule has 1 aromatic heterocycles. The highest BCUT2D eigenvalue weighted by atomic mass is 35.5. The van der Waals surface area contributed by atoms with Gasteiger partial charge in [0.25, 0.3) is 5.91 Å². The molecular formula is C7H11Cl2N3OS. The molecule has 80 valence electrons. The Kier molecular flexibility index (Phi) is 6.03. The van der Waals surface area contributed by atoms with Crippen molar-refractivity contribution in [2.75, 3.05) is 6.54 Å². The van der Waals surface area contributed by atoms with Crippen LogP contribution in [0.3, 0.4) is 0 Å². The van der Waals surface area contributed by atoms with E-state index in [0.717, 1.165) is 0 Å². The van der Waals surface area contributed by atoms with Gasteiger partial charge in [0.1, 0.15) is 4.88 Å². The first-order valence-electron chi connectivity index (χ1n) is 3.75. The van der Waals surface area contributed by atoms with Gasteiger partial charge in [-0.05, 0) is 6.92 Å². The zero-order chi connectivity index (χ0) is 9.84. The molecule has 0 aromatic carbocycles. The van der Waals surface area contributed by atoms with E-state index in [1.165, 1.54) is 16.8 Å². The Morgan fingerprint density at radius 3 is 2.93 bits per heavy atom. The summed E-state index contributed by atoms with van der Waals surface area (Å²) in [6.45, 7) is 2.23. The molecule has 1 heterocycles. The van der Waals surface area contributed by atoms with E-state index in [0.29, 0.717) is 11.4 Å². The van der Waals surface area contributed by atoms with Crippen LogP contribution in [0.2, 0.25) is 5.15 Å². The van der Waals surface area contributed by atoms with Crippen LogP contribution in [0.4, 0.5) is 0 Å². The zero-order valence-electron chi connectivity index (χ0n) is 7.49. The lowest BCUT2D eigenvalue weighted by atomic mass is 10.3. The van der Waals surface area contributed by atoms with Crippen molar-refractivity contribution in [2.24, 2.45) is 5.73 Å². The van der Waals surface area contributed by atoms with Gasteiger partial charge in [-0.3, -0.25) is 4.79 Å². The van der Waals surface area contributed by atoms with E-state index in [4.69, 9.17) is 17.3 Å². The van der Waals surface area contributed by atoms with Crippen molar-refractivity contribution in [1.29, 1.82) is 0 Å². The van der Waals surface area contributed by atoms with Crippen molar-refractivity contribution in [3.8, 4) is 0 Å². The molecule has 0 saturated heterocycles. The van der Waals surface area contributed by atoms with Crippen LogP contribution in [-0.4, -0.2) is 23.5 Å². The SMILES string of the molecule is C[C@@H](CN)NC(=O)c1scnc1Cl.Cl. The molecule has 4 nitrogen and oxygen atoms in total. The maximum Gasteiger partial charge on any atom is 0.264 e.